The smallest absolute Gasteiger partial charge is 0.258 e. The number of benzene rings is 2. The summed E-state index contributed by atoms with van der Waals surface area (Å²) < 4.78 is 5.31. The third-order valence-corrected chi connectivity index (χ3v) is 5.35. The van der Waals surface area contributed by atoms with Gasteiger partial charge in [0, 0.05) is 23.2 Å². The lowest BCUT2D eigenvalue weighted by atomic mass is 10.1. The number of nitrogens with zero attached hydrogens (tertiary/aromatic N) is 2. The van der Waals surface area contributed by atoms with Gasteiger partial charge in [0.2, 0.25) is 5.91 Å². The minimum atomic E-state index is -0.557. The van der Waals surface area contributed by atoms with Gasteiger partial charge in [-0.1, -0.05) is 17.7 Å². The van der Waals surface area contributed by atoms with Crippen molar-refractivity contribution >= 4 is 40.0 Å². The largest absolute Gasteiger partial charge is 0.496 e. The van der Waals surface area contributed by atoms with Crippen LogP contribution in [0.2, 0.25) is 5.02 Å². The number of halogens is 1. The molecule has 1 atom stereocenters. The minimum absolute atomic E-state index is 0.215. The minimum Gasteiger partial charge on any atom is -0.496 e. The van der Waals surface area contributed by atoms with E-state index in [-0.39, 0.29) is 11.8 Å². The van der Waals surface area contributed by atoms with Crippen LogP contribution in [0, 0.1) is 0 Å². The average molecular weight is 410 g/mol. The Hall–Kier alpha value is -3.12. The highest BCUT2D eigenvalue weighted by molar-refractivity contribution is 6.31. The summed E-state index contributed by atoms with van der Waals surface area (Å²) >= 11 is 6.07. The summed E-state index contributed by atoms with van der Waals surface area (Å²) in [6.07, 6.45) is 3.07. The van der Waals surface area contributed by atoms with Crippen molar-refractivity contribution in [2.75, 3.05) is 19.0 Å². The van der Waals surface area contributed by atoms with Crippen LogP contribution in [-0.2, 0) is 4.79 Å². The lowest BCUT2D eigenvalue weighted by Gasteiger charge is -2.25. The van der Waals surface area contributed by atoms with E-state index in [1.54, 1.807) is 29.3 Å². The molecule has 0 bridgehead atoms. The highest BCUT2D eigenvalue weighted by Crippen LogP contribution is 2.29. The summed E-state index contributed by atoms with van der Waals surface area (Å²) in [5.41, 5.74) is 1.84. The molecule has 2 amide bonds. The second kappa shape index (κ2) is 8.09. The van der Waals surface area contributed by atoms with E-state index in [2.05, 4.69) is 10.3 Å². The fourth-order valence-corrected chi connectivity index (χ4v) is 3.88. The molecule has 0 spiro atoms. The van der Waals surface area contributed by atoms with Gasteiger partial charge >= 0.3 is 0 Å². The molecule has 4 rings (SSSR count). The first-order valence-electron chi connectivity index (χ1n) is 9.37. The molecule has 1 saturated heterocycles. The van der Waals surface area contributed by atoms with Gasteiger partial charge in [0.1, 0.15) is 11.8 Å². The van der Waals surface area contributed by atoms with Crippen molar-refractivity contribution in [3.05, 3.63) is 65.3 Å². The normalized spacial score (nSPS) is 16.1. The fourth-order valence-electron chi connectivity index (χ4n) is 3.71. The molecule has 7 heteroatoms. The summed E-state index contributed by atoms with van der Waals surface area (Å²) in [4.78, 5) is 32.1. The number of methoxy groups -OCH3 is 1. The van der Waals surface area contributed by atoms with E-state index in [1.807, 2.05) is 30.3 Å². The third-order valence-electron chi connectivity index (χ3n) is 5.11. The summed E-state index contributed by atoms with van der Waals surface area (Å²) in [6, 6.07) is 13.7. The van der Waals surface area contributed by atoms with Gasteiger partial charge in [-0.2, -0.15) is 0 Å². The summed E-state index contributed by atoms with van der Waals surface area (Å²) in [5.74, 6) is -0.0413. The van der Waals surface area contributed by atoms with E-state index in [0.717, 1.165) is 17.3 Å². The van der Waals surface area contributed by atoms with Crippen LogP contribution in [0.5, 0.6) is 5.75 Å². The number of anilines is 1. The Morgan fingerprint density at radius 2 is 2.07 bits per heavy atom. The predicted molar refractivity (Wildman–Crippen MR) is 112 cm³/mol. The van der Waals surface area contributed by atoms with Crippen LogP contribution >= 0.6 is 11.6 Å². The lowest BCUT2D eigenvalue weighted by molar-refractivity contribution is -0.119. The highest BCUT2D eigenvalue weighted by atomic mass is 35.5. The van der Waals surface area contributed by atoms with Crippen molar-refractivity contribution < 1.29 is 14.3 Å². The molecule has 1 aliphatic rings. The number of carbonyl (C=O) groups is 2. The third kappa shape index (κ3) is 3.76. The van der Waals surface area contributed by atoms with E-state index in [1.165, 1.54) is 7.11 Å². The Morgan fingerprint density at radius 3 is 2.90 bits per heavy atom. The molecule has 1 fully saturated rings. The zero-order chi connectivity index (χ0) is 20.4. The average Bonchev–Trinajstić information content (AvgIpc) is 3.23. The summed E-state index contributed by atoms with van der Waals surface area (Å²) in [6.45, 7) is 0.504. The molecule has 29 heavy (non-hydrogen) atoms. The zero-order valence-electron chi connectivity index (χ0n) is 15.9. The maximum Gasteiger partial charge on any atom is 0.258 e. The molecule has 1 aliphatic heterocycles. The summed E-state index contributed by atoms with van der Waals surface area (Å²) in [5, 5.41) is 4.27. The van der Waals surface area contributed by atoms with E-state index >= 15 is 0 Å². The molecule has 0 aliphatic carbocycles. The number of pyridine rings is 1. The van der Waals surface area contributed by atoms with Crippen LogP contribution in [0.15, 0.2) is 54.7 Å². The first kappa shape index (κ1) is 19.2. The number of rotatable bonds is 4. The van der Waals surface area contributed by atoms with Crippen molar-refractivity contribution in [1.82, 2.24) is 9.88 Å². The molecule has 148 valence electrons. The molecular formula is C22H20ClN3O3. The standard InChI is InChI=1S/C22H20ClN3O3/c1-29-20-10-9-14(23)13-16(20)22(28)26-12-4-8-19(26)21(27)25-18-7-2-6-17-15(18)5-3-11-24-17/h2-3,5-7,9-11,13,19H,4,8,12H2,1H3,(H,25,27). The molecule has 2 heterocycles. The van der Waals surface area contributed by atoms with E-state index in [9.17, 15) is 9.59 Å². The topological polar surface area (TPSA) is 71.5 Å². The van der Waals surface area contributed by atoms with Crippen LogP contribution in [-0.4, -0.2) is 41.4 Å². The zero-order valence-corrected chi connectivity index (χ0v) is 16.6. The second-order valence-electron chi connectivity index (χ2n) is 6.87. The molecule has 6 nitrogen and oxygen atoms in total. The predicted octanol–water partition coefficient (Wildman–Crippen LogP) is 4.14. The monoisotopic (exact) mass is 409 g/mol. The lowest BCUT2D eigenvalue weighted by Crippen LogP contribution is -2.43. The first-order valence-corrected chi connectivity index (χ1v) is 9.75. The van der Waals surface area contributed by atoms with Crippen molar-refractivity contribution in [3.63, 3.8) is 0 Å². The van der Waals surface area contributed by atoms with Gasteiger partial charge in [-0.05, 0) is 55.3 Å². The number of amides is 2. The van der Waals surface area contributed by atoms with E-state index in [0.29, 0.717) is 35.0 Å². The molecule has 1 aromatic heterocycles. The van der Waals surface area contributed by atoms with Gasteiger partial charge in [-0.15, -0.1) is 0 Å². The Morgan fingerprint density at radius 1 is 1.21 bits per heavy atom. The number of likely N-dealkylation sites (tertiary alicyclic amines) is 1. The van der Waals surface area contributed by atoms with Gasteiger partial charge in [0.25, 0.3) is 5.91 Å². The van der Waals surface area contributed by atoms with Crippen molar-refractivity contribution in [2.24, 2.45) is 0 Å². The molecule has 2 aromatic carbocycles. The van der Waals surface area contributed by atoms with Gasteiger partial charge < -0.3 is 15.0 Å². The van der Waals surface area contributed by atoms with Crippen LogP contribution in [0.25, 0.3) is 10.9 Å². The maximum absolute atomic E-state index is 13.2. The van der Waals surface area contributed by atoms with E-state index in [4.69, 9.17) is 16.3 Å². The molecule has 1 unspecified atom stereocenters. The number of ether oxygens (including phenoxy) is 1. The number of hydrogen-bond donors (Lipinski definition) is 1. The summed E-state index contributed by atoms with van der Waals surface area (Å²) in [7, 11) is 1.50. The molecule has 3 aromatic rings. The van der Waals surface area contributed by atoms with Crippen molar-refractivity contribution in [2.45, 2.75) is 18.9 Å². The Kier molecular flexibility index (Phi) is 5.36. The fraction of sp³-hybridized carbons (Fsp3) is 0.227. The van der Waals surface area contributed by atoms with Gasteiger partial charge in [0.15, 0.2) is 0 Å². The number of hydrogen-bond acceptors (Lipinski definition) is 4. The highest BCUT2D eigenvalue weighted by Gasteiger charge is 2.35. The Balaban J connectivity index is 1.59. The van der Waals surface area contributed by atoms with Crippen molar-refractivity contribution in [1.29, 1.82) is 0 Å². The quantitative estimate of drug-likeness (QED) is 0.703. The van der Waals surface area contributed by atoms with Crippen LogP contribution in [0.1, 0.15) is 23.2 Å². The molecular weight excluding hydrogens is 390 g/mol. The van der Waals surface area contributed by atoms with Gasteiger partial charge in [-0.25, -0.2) is 0 Å². The molecule has 1 N–H and O–H groups in total. The number of nitrogens with one attached hydrogen (secondary N) is 1. The van der Waals surface area contributed by atoms with Crippen LogP contribution in [0.4, 0.5) is 5.69 Å². The number of carbonyl (C=O) groups excluding carboxylic acids is 2. The first-order chi connectivity index (χ1) is 14.1. The van der Waals surface area contributed by atoms with Gasteiger partial charge in [0.05, 0.1) is 23.9 Å². The maximum atomic E-state index is 13.2. The Labute approximate surface area is 173 Å². The number of aromatic nitrogens is 1. The SMILES string of the molecule is COc1ccc(Cl)cc1C(=O)N1CCCC1C(=O)Nc1cccc2ncccc12. The van der Waals surface area contributed by atoms with E-state index < -0.39 is 6.04 Å². The van der Waals surface area contributed by atoms with Crippen molar-refractivity contribution in [3.8, 4) is 5.75 Å². The van der Waals surface area contributed by atoms with Crippen LogP contribution in [0.3, 0.4) is 0 Å². The number of fused-ring (bicyclic) bond motifs is 1. The molecule has 0 saturated carbocycles. The molecule has 0 radical (unpaired) electrons. The Bertz CT molecular complexity index is 1080. The van der Waals surface area contributed by atoms with Crippen LogP contribution < -0.4 is 10.1 Å². The van der Waals surface area contributed by atoms with Gasteiger partial charge in [-0.3, -0.25) is 14.6 Å². The second-order valence-corrected chi connectivity index (χ2v) is 7.30.